The molecule has 0 saturated heterocycles. The monoisotopic (exact) mass is 398 g/mol. The highest BCUT2D eigenvalue weighted by Gasteiger charge is 2.33. The van der Waals surface area contributed by atoms with Crippen LogP contribution < -0.4 is 14.8 Å². The highest BCUT2D eigenvalue weighted by Crippen LogP contribution is 2.45. The number of nitrogens with zero attached hydrogens (tertiary/aromatic N) is 2. The molecule has 1 aliphatic rings. The minimum Gasteiger partial charge on any atom is -0.449 e. The van der Waals surface area contributed by atoms with Crippen LogP contribution in [0.4, 0.5) is 5.69 Å². The standard InChI is InChI=1S/C25H24N3O2/c1-25(2)29-22-15-18(20(26-3)16-23(22)30-25)24-27-19-11-7-8-12-21(19)28(24)14-13-17-9-5-4-6-10-17/h4-13,15-16,26H,14H2,1-3H3/q-1. The van der Waals surface area contributed by atoms with E-state index in [2.05, 4.69) is 46.6 Å². The fourth-order valence-corrected chi connectivity index (χ4v) is 3.91. The van der Waals surface area contributed by atoms with E-state index in [1.165, 1.54) is 5.56 Å². The van der Waals surface area contributed by atoms with E-state index in [1.54, 1.807) is 0 Å². The molecule has 3 aromatic carbocycles. The van der Waals surface area contributed by atoms with Crippen molar-refractivity contribution in [1.82, 2.24) is 9.55 Å². The number of imidazole rings is 1. The van der Waals surface area contributed by atoms with Crippen molar-refractivity contribution in [1.29, 1.82) is 0 Å². The molecule has 0 amide bonds. The Morgan fingerprint density at radius 3 is 2.43 bits per heavy atom. The van der Waals surface area contributed by atoms with Gasteiger partial charge in [-0.2, -0.15) is 24.1 Å². The van der Waals surface area contributed by atoms with Gasteiger partial charge in [0.1, 0.15) is 5.82 Å². The zero-order valence-corrected chi connectivity index (χ0v) is 17.3. The average Bonchev–Trinajstić information content (AvgIpc) is 3.26. The van der Waals surface area contributed by atoms with E-state index in [-0.39, 0.29) is 0 Å². The van der Waals surface area contributed by atoms with Crippen LogP contribution in [0.2, 0.25) is 0 Å². The predicted octanol–water partition coefficient (Wildman–Crippen LogP) is 5.50. The van der Waals surface area contributed by atoms with Crippen molar-refractivity contribution in [2.24, 2.45) is 0 Å². The lowest BCUT2D eigenvalue weighted by Crippen LogP contribution is -2.29. The predicted molar refractivity (Wildman–Crippen MR) is 120 cm³/mol. The van der Waals surface area contributed by atoms with Crippen molar-refractivity contribution in [2.75, 3.05) is 12.4 Å². The second-order valence-electron chi connectivity index (χ2n) is 7.85. The maximum Gasteiger partial charge on any atom is 0.246 e. The SMILES string of the molecule is CNc1cc2c(cc1-c1nc3ccccc3n1C[CH-]c1ccccc1)OC(C)(C)O2. The molecule has 5 rings (SSSR count). The van der Waals surface area contributed by atoms with E-state index in [0.717, 1.165) is 39.6 Å². The number of fused-ring (bicyclic) bond motifs is 2. The highest BCUT2D eigenvalue weighted by molar-refractivity contribution is 5.85. The molecule has 30 heavy (non-hydrogen) atoms. The van der Waals surface area contributed by atoms with Gasteiger partial charge in [-0.05, 0) is 24.7 Å². The maximum atomic E-state index is 6.00. The van der Waals surface area contributed by atoms with Gasteiger partial charge in [-0.15, -0.1) is 12.1 Å². The van der Waals surface area contributed by atoms with E-state index in [1.807, 2.05) is 57.3 Å². The van der Waals surface area contributed by atoms with Crippen molar-refractivity contribution in [3.63, 3.8) is 0 Å². The quantitative estimate of drug-likeness (QED) is 0.451. The Morgan fingerprint density at radius 1 is 0.967 bits per heavy atom. The molecule has 0 bridgehead atoms. The summed E-state index contributed by atoms with van der Waals surface area (Å²) in [4.78, 5) is 4.97. The van der Waals surface area contributed by atoms with Gasteiger partial charge < -0.3 is 19.4 Å². The lowest BCUT2D eigenvalue weighted by atomic mass is 10.1. The third kappa shape index (κ3) is 3.22. The Hall–Kier alpha value is -3.60. The molecule has 5 nitrogen and oxygen atoms in total. The second kappa shape index (κ2) is 7.02. The second-order valence-corrected chi connectivity index (χ2v) is 7.85. The average molecular weight is 398 g/mol. The molecule has 1 N–H and O–H groups in total. The van der Waals surface area contributed by atoms with Gasteiger partial charge in [-0.1, -0.05) is 18.2 Å². The van der Waals surface area contributed by atoms with Crippen molar-refractivity contribution < 1.29 is 9.47 Å². The van der Waals surface area contributed by atoms with Gasteiger partial charge in [0.15, 0.2) is 11.5 Å². The van der Waals surface area contributed by atoms with Crippen LogP contribution in [0.5, 0.6) is 11.5 Å². The number of ether oxygens (including phenoxy) is 2. The summed E-state index contributed by atoms with van der Waals surface area (Å²) >= 11 is 0. The minimum absolute atomic E-state index is 0.673. The molecule has 0 radical (unpaired) electrons. The Kier molecular flexibility index (Phi) is 4.31. The maximum absolute atomic E-state index is 6.00. The first kappa shape index (κ1) is 18.4. The number of nitrogens with one attached hydrogen (secondary N) is 1. The van der Waals surface area contributed by atoms with Gasteiger partial charge in [-0.25, -0.2) is 4.98 Å². The third-order valence-electron chi connectivity index (χ3n) is 5.27. The summed E-state index contributed by atoms with van der Waals surface area (Å²) < 4.78 is 14.2. The third-order valence-corrected chi connectivity index (χ3v) is 5.27. The summed E-state index contributed by atoms with van der Waals surface area (Å²) in [5, 5.41) is 3.30. The first-order valence-electron chi connectivity index (χ1n) is 10.1. The van der Waals surface area contributed by atoms with Crippen LogP contribution in [0.3, 0.4) is 0 Å². The van der Waals surface area contributed by atoms with Crippen LogP contribution in [0, 0.1) is 6.42 Å². The fourth-order valence-electron chi connectivity index (χ4n) is 3.91. The lowest BCUT2D eigenvalue weighted by molar-refractivity contribution is -0.0431. The van der Waals surface area contributed by atoms with Crippen LogP contribution >= 0.6 is 0 Å². The first-order valence-corrected chi connectivity index (χ1v) is 10.1. The number of aromatic nitrogens is 2. The fraction of sp³-hybridized carbons (Fsp3) is 0.200. The van der Waals surface area contributed by atoms with E-state index in [4.69, 9.17) is 14.5 Å². The summed E-state index contributed by atoms with van der Waals surface area (Å²) in [6.45, 7) is 4.54. The van der Waals surface area contributed by atoms with E-state index >= 15 is 0 Å². The number of para-hydroxylation sites is 2. The van der Waals surface area contributed by atoms with Crippen LogP contribution in [0.25, 0.3) is 22.4 Å². The number of benzene rings is 3. The Bertz CT molecular complexity index is 1210. The summed E-state index contributed by atoms with van der Waals surface area (Å²) in [7, 11) is 1.91. The Balaban J connectivity index is 1.63. The molecular formula is C25H24N3O2-. The van der Waals surface area contributed by atoms with E-state index < -0.39 is 5.79 Å². The molecule has 4 aromatic rings. The van der Waals surface area contributed by atoms with Gasteiger partial charge in [0.05, 0.1) is 11.0 Å². The van der Waals surface area contributed by atoms with E-state index in [9.17, 15) is 0 Å². The van der Waals surface area contributed by atoms with Gasteiger partial charge in [-0.3, -0.25) is 0 Å². The molecule has 1 aliphatic heterocycles. The molecular weight excluding hydrogens is 374 g/mol. The molecule has 0 aliphatic carbocycles. The zero-order chi connectivity index (χ0) is 20.7. The molecule has 0 unspecified atom stereocenters. The normalized spacial score (nSPS) is 14.1. The van der Waals surface area contributed by atoms with Crippen LogP contribution in [0.1, 0.15) is 19.4 Å². The van der Waals surface area contributed by atoms with Crippen molar-refractivity contribution in [2.45, 2.75) is 26.2 Å². The molecule has 0 spiro atoms. The van der Waals surface area contributed by atoms with Gasteiger partial charge in [0, 0.05) is 38.2 Å². The van der Waals surface area contributed by atoms with Crippen molar-refractivity contribution in [3.8, 4) is 22.9 Å². The first-order chi connectivity index (χ1) is 14.5. The molecule has 152 valence electrons. The zero-order valence-electron chi connectivity index (χ0n) is 17.3. The van der Waals surface area contributed by atoms with E-state index in [0.29, 0.717) is 6.54 Å². The minimum atomic E-state index is -0.673. The molecule has 1 aromatic heterocycles. The van der Waals surface area contributed by atoms with Crippen LogP contribution in [0.15, 0.2) is 66.7 Å². The summed E-state index contributed by atoms with van der Waals surface area (Å²) in [5.41, 5.74) is 5.18. The Morgan fingerprint density at radius 2 is 1.67 bits per heavy atom. The summed E-state index contributed by atoms with van der Waals surface area (Å²) in [6, 6.07) is 22.6. The van der Waals surface area contributed by atoms with Gasteiger partial charge >= 0.3 is 0 Å². The Labute approximate surface area is 176 Å². The van der Waals surface area contributed by atoms with Crippen LogP contribution in [-0.4, -0.2) is 22.4 Å². The largest absolute Gasteiger partial charge is 0.449 e. The number of hydrogen-bond donors (Lipinski definition) is 1. The summed E-state index contributed by atoms with van der Waals surface area (Å²) in [6.07, 6.45) is 2.22. The van der Waals surface area contributed by atoms with Crippen LogP contribution in [-0.2, 0) is 6.54 Å². The molecule has 5 heteroatoms. The molecule has 2 heterocycles. The number of anilines is 1. The molecule has 0 fully saturated rings. The van der Waals surface area contributed by atoms with Crippen molar-refractivity contribution in [3.05, 3.63) is 78.7 Å². The molecule has 0 saturated carbocycles. The van der Waals surface area contributed by atoms with Crippen molar-refractivity contribution >= 4 is 16.7 Å². The van der Waals surface area contributed by atoms with Gasteiger partial charge in [0.2, 0.25) is 5.79 Å². The summed E-state index contributed by atoms with van der Waals surface area (Å²) in [5.74, 6) is 1.70. The number of hydrogen-bond acceptors (Lipinski definition) is 4. The topological polar surface area (TPSA) is 48.3 Å². The number of rotatable bonds is 5. The van der Waals surface area contributed by atoms with Gasteiger partial charge in [0.25, 0.3) is 0 Å². The smallest absolute Gasteiger partial charge is 0.246 e. The lowest BCUT2D eigenvalue weighted by Gasteiger charge is -2.16. The molecule has 0 atom stereocenters. The highest BCUT2D eigenvalue weighted by atomic mass is 16.7.